The first-order chi connectivity index (χ1) is 16.3. The second kappa shape index (κ2) is 8.10. The van der Waals surface area contributed by atoms with Crippen molar-refractivity contribution >= 4 is 5.97 Å². The Labute approximate surface area is 216 Å². The smallest absolute Gasteiger partial charge is 0.302 e. The molecule has 0 N–H and O–H groups in total. The Morgan fingerprint density at radius 1 is 0.857 bits per heavy atom. The summed E-state index contributed by atoms with van der Waals surface area (Å²) in [5.41, 5.74) is 3.55. The van der Waals surface area contributed by atoms with E-state index in [1.54, 1.807) is 6.92 Å². The van der Waals surface area contributed by atoms with Crippen LogP contribution in [0, 0.1) is 56.7 Å². The van der Waals surface area contributed by atoms with Gasteiger partial charge in [-0.2, -0.15) is 0 Å². The molecule has 198 valence electrons. The topological polar surface area (TPSA) is 26.3 Å². The van der Waals surface area contributed by atoms with Crippen LogP contribution in [0.1, 0.15) is 126 Å². The largest absolute Gasteiger partial charge is 0.462 e. The number of allylic oxidation sites excluding steroid dienone is 1. The normalized spacial score (nSPS) is 49.0. The van der Waals surface area contributed by atoms with E-state index < -0.39 is 0 Å². The van der Waals surface area contributed by atoms with Crippen molar-refractivity contribution in [3.63, 3.8) is 0 Å². The van der Waals surface area contributed by atoms with Crippen molar-refractivity contribution < 1.29 is 9.53 Å². The van der Waals surface area contributed by atoms with Crippen LogP contribution >= 0.6 is 0 Å². The standard InChI is InChI=1S/C33H54O2/c1-21(2)22(3)10-11-23(4)25-14-16-31(9)27-13-12-26-29(6,7)28(35-24(5)34)15-17-32(26)20-33(27,32)19-18-30(25,31)8/h22-23,25-28H,1,10-20H2,2-9H3/t22-,23+,25+,26-,27-,28-,30+,31-,32+,33-/m0/s1. The molecule has 0 bridgehead atoms. The SMILES string of the molecule is C=C(C)[C@@H](C)CC[C@@H](C)[C@H]1CC[C@@]2(C)[C@@H]3CC[C@H]4C(C)(C)[C@@H](OC(C)=O)CC[C@@]45C[C@@]35CC[C@]12C. The highest BCUT2D eigenvalue weighted by atomic mass is 16.5. The number of rotatable bonds is 6. The Kier molecular flexibility index (Phi) is 5.98. The lowest BCUT2D eigenvalue weighted by Gasteiger charge is -2.63. The quantitative estimate of drug-likeness (QED) is 0.279. The molecule has 0 heterocycles. The minimum Gasteiger partial charge on any atom is -0.462 e. The zero-order valence-electron chi connectivity index (χ0n) is 24.3. The van der Waals surface area contributed by atoms with Crippen LogP contribution < -0.4 is 0 Å². The van der Waals surface area contributed by atoms with Crippen LogP contribution in [0.25, 0.3) is 0 Å². The summed E-state index contributed by atoms with van der Waals surface area (Å²) in [4.78, 5) is 11.9. The van der Waals surface area contributed by atoms with Crippen molar-refractivity contribution in [1.82, 2.24) is 0 Å². The maximum Gasteiger partial charge on any atom is 0.302 e. The van der Waals surface area contributed by atoms with E-state index in [9.17, 15) is 4.79 Å². The molecule has 5 aliphatic carbocycles. The Hall–Kier alpha value is -0.790. The van der Waals surface area contributed by atoms with Crippen molar-refractivity contribution in [2.24, 2.45) is 56.7 Å². The first kappa shape index (κ1) is 25.8. The number of ether oxygens (including phenoxy) is 1. The highest BCUT2D eigenvalue weighted by Crippen LogP contribution is 2.89. The molecule has 0 aromatic rings. The molecule has 5 saturated carbocycles. The fraction of sp³-hybridized carbons (Fsp3) is 0.909. The number of esters is 1. The van der Waals surface area contributed by atoms with Crippen LogP contribution in [0.4, 0.5) is 0 Å². The van der Waals surface area contributed by atoms with E-state index in [1.165, 1.54) is 69.8 Å². The van der Waals surface area contributed by atoms with Gasteiger partial charge in [0.15, 0.2) is 0 Å². The maximum atomic E-state index is 11.9. The average Bonchev–Trinajstić information content (AvgIpc) is 3.36. The van der Waals surface area contributed by atoms with E-state index in [0.29, 0.717) is 27.6 Å². The second-order valence-electron chi connectivity index (χ2n) is 15.4. The highest BCUT2D eigenvalue weighted by Gasteiger charge is 2.82. The molecule has 0 radical (unpaired) electrons. The van der Waals surface area contributed by atoms with Crippen LogP contribution in [0.15, 0.2) is 12.2 Å². The Morgan fingerprint density at radius 3 is 2.17 bits per heavy atom. The molecular weight excluding hydrogens is 428 g/mol. The zero-order valence-corrected chi connectivity index (χ0v) is 24.3. The summed E-state index contributed by atoms with van der Waals surface area (Å²) in [6.07, 6.45) is 15.1. The van der Waals surface area contributed by atoms with Gasteiger partial charge >= 0.3 is 5.97 Å². The molecule has 10 atom stereocenters. The summed E-state index contributed by atoms with van der Waals surface area (Å²) < 4.78 is 5.91. The van der Waals surface area contributed by atoms with Crippen LogP contribution in [-0.2, 0) is 9.53 Å². The summed E-state index contributed by atoms with van der Waals surface area (Å²) >= 11 is 0. The zero-order chi connectivity index (χ0) is 25.6. The van der Waals surface area contributed by atoms with Crippen LogP contribution in [0.3, 0.4) is 0 Å². The van der Waals surface area contributed by atoms with E-state index >= 15 is 0 Å². The van der Waals surface area contributed by atoms with Crippen LogP contribution in [0.2, 0.25) is 0 Å². The molecule has 5 rings (SSSR count). The van der Waals surface area contributed by atoms with Crippen LogP contribution in [0.5, 0.6) is 0 Å². The third-order valence-electron chi connectivity index (χ3n) is 14.0. The first-order valence-corrected chi connectivity index (χ1v) is 15.1. The van der Waals surface area contributed by atoms with Gasteiger partial charge in [0.1, 0.15) is 6.10 Å². The van der Waals surface area contributed by atoms with Gasteiger partial charge in [0, 0.05) is 12.3 Å². The molecule has 0 unspecified atom stereocenters. The molecule has 0 aromatic carbocycles. The Bertz CT molecular complexity index is 888. The second-order valence-corrected chi connectivity index (χ2v) is 15.4. The van der Waals surface area contributed by atoms with E-state index in [4.69, 9.17) is 4.74 Å². The van der Waals surface area contributed by atoms with Crippen LogP contribution in [-0.4, -0.2) is 12.1 Å². The van der Waals surface area contributed by atoms with Crippen molar-refractivity contribution in [2.45, 2.75) is 132 Å². The van der Waals surface area contributed by atoms with Gasteiger partial charge in [0.2, 0.25) is 0 Å². The fourth-order valence-electron chi connectivity index (χ4n) is 11.7. The number of carbonyl (C=O) groups excluding carboxylic acids is 1. The van der Waals surface area contributed by atoms with E-state index in [1.807, 2.05) is 0 Å². The van der Waals surface area contributed by atoms with Gasteiger partial charge < -0.3 is 4.74 Å². The molecule has 2 heteroatoms. The minimum atomic E-state index is -0.0945. The van der Waals surface area contributed by atoms with E-state index in [-0.39, 0.29) is 17.5 Å². The lowest BCUT2D eigenvalue weighted by Crippen LogP contribution is -2.58. The first-order valence-electron chi connectivity index (χ1n) is 15.1. The maximum absolute atomic E-state index is 11.9. The molecule has 35 heavy (non-hydrogen) atoms. The summed E-state index contributed by atoms with van der Waals surface area (Å²) in [5.74, 6) is 3.88. The summed E-state index contributed by atoms with van der Waals surface area (Å²) in [5, 5.41) is 0. The van der Waals surface area contributed by atoms with Crippen molar-refractivity contribution in [3.8, 4) is 0 Å². The Balaban J connectivity index is 1.37. The van der Waals surface area contributed by atoms with Gasteiger partial charge in [-0.05, 0) is 129 Å². The van der Waals surface area contributed by atoms with Gasteiger partial charge in [-0.3, -0.25) is 4.79 Å². The number of fused-ring (bicyclic) bond motifs is 2. The molecule has 0 amide bonds. The number of hydrogen-bond donors (Lipinski definition) is 0. The van der Waals surface area contributed by atoms with Crippen molar-refractivity contribution in [3.05, 3.63) is 12.2 Å². The monoisotopic (exact) mass is 482 g/mol. The third kappa shape index (κ3) is 3.35. The molecule has 0 aliphatic heterocycles. The third-order valence-corrected chi connectivity index (χ3v) is 14.0. The summed E-state index contributed by atoms with van der Waals surface area (Å²) in [7, 11) is 0. The summed E-state index contributed by atoms with van der Waals surface area (Å²) in [6.45, 7) is 23.3. The molecule has 2 nitrogen and oxygen atoms in total. The molecule has 0 aromatic heterocycles. The van der Waals surface area contributed by atoms with Gasteiger partial charge in [-0.1, -0.05) is 53.7 Å². The van der Waals surface area contributed by atoms with Crippen molar-refractivity contribution in [2.75, 3.05) is 0 Å². The van der Waals surface area contributed by atoms with E-state index in [0.717, 1.165) is 30.1 Å². The highest BCUT2D eigenvalue weighted by molar-refractivity contribution is 5.66. The lowest BCUT2D eigenvalue weighted by atomic mass is 9.41. The molecule has 2 spiro atoms. The molecular formula is C33H54O2. The molecule has 5 aliphatic rings. The molecule has 0 saturated heterocycles. The van der Waals surface area contributed by atoms with Gasteiger partial charge in [0.05, 0.1) is 0 Å². The number of carbonyl (C=O) groups is 1. The Morgan fingerprint density at radius 2 is 1.51 bits per heavy atom. The lowest BCUT2D eigenvalue weighted by molar-refractivity contribution is -0.181. The predicted molar refractivity (Wildman–Crippen MR) is 145 cm³/mol. The van der Waals surface area contributed by atoms with E-state index in [2.05, 4.69) is 55.0 Å². The van der Waals surface area contributed by atoms with Gasteiger partial charge in [-0.15, -0.1) is 0 Å². The summed E-state index contributed by atoms with van der Waals surface area (Å²) in [6, 6.07) is 0. The molecule has 5 fully saturated rings. The fourth-order valence-corrected chi connectivity index (χ4v) is 11.7. The van der Waals surface area contributed by atoms with Crippen molar-refractivity contribution in [1.29, 1.82) is 0 Å². The van der Waals surface area contributed by atoms with Gasteiger partial charge in [-0.25, -0.2) is 0 Å². The minimum absolute atomic E-state index is 0.0945. The van der Waals surface area contributed by atoms with Gasteiger partial charge in [0.25, 0.3) is 0 Å². The predicted octanol–water partition coefficient (Wildman–Crippen LogP) is 8.99. The average molecular weight is 483 g/mol. The number of hydrogen-bond acceptors (Lipinski definition) is 2.